The van der Waals surface area contributed by atoms with Gasteiger partial charge in [-0.05, 0) is 24.3 Å². The lowest BCUT2D eigenvalue weighted by molar-refractivity contribution is -0.120. The van der Waals surface area contributed by atoms with Gasteiger partial charge in [0.2, 0.25) is 0 Å². The van der Waals surface area contributed by atoms with Gasteiger partial charge in [0.05, 0.1) is 0 Å². The quantitative estimate of drug-likeness (QED) is 0.625. The molecule has 120 valence electrons. The summed E-state index contributed by atoms with van der Waals surface area (Å²) in [7, 11) is 0. The number of anilines is 1. The van der Waals surface area contributed by atoms with Crippen LogP contribution in [0.15, 0.2) is 40.9 Å². The summed E-state index contributed by atoms with van der Waals surface area (Å²) in [4.78, 5) is 26.9. The maximum atomic E-state index is 14.4. The fourth-order valence-corrected chi connectivity index (χ4v) is 2.63. The lowest BCUT2D eigenvalue weighted by Crippen LogP contribution is -2.22. The van der Waals surface area contributed by atoms with E-state index in [1.54, 1.807) is 24.3 Å². The number of imide groups is 1. The first-order valence-corrected chi connectivity index (χ1v) is 7.07. The van der Waals surface area contributed by atoms with Crippen LogP contribution in [0.5, 0.6) is 0 Å². The fourth-order valence-electron chi connectivity index (χ4n) is 2.63. The second-order valence-electron chi connectivity index (χ2n) is 5.39. The molecule has 0 aliphatic carbocycles. The van der Waals surface area contributed by atoms with Crippen molar-refractivity contribution in [2.75, 3.05) is 5.73 Å². The number of fused-ring (bicyclic) bond motifs is 1. The van der Waals surface area contributed by atoms with E-state index in [1.807, 2.05) is 0 Å². The lowest BCUT2D eigenvalue weighted by atomic mass is 10.0. The van der Waals surface area contributed by atoms with Crippen LogP contribution in [-0.2, 0) is 4.79 Å². The van der Waals surface area contributed by atoms with E-state index < -0.39 is 23.8 Å². The van der Waals surface area contributed by atoms with Crippen molar-refractivity contribution in [1.82, 2.24) is 15.6 Å². The van der Waals surface area contributed by atoms with Crippen molar-refractivity contribution in [3.63, 3.8) is 0 Å². The van der Waals surface area contributed by atoms with Gasteiger partial charge in [-0.1, -0.05) is 0 Å². The first-order valence-electron chi connectivity index (χ1n) is 7.07. The van der Waals surface area contributed by atoms with Gasteiger partial charge in [-0.2, -0.15) is 0 Å². The summed E-state index contributed by atoms with van der Waals surface area (Å²) in [6, 6.07) is 6.16. The highest BCUT2D eigenvalue weighted by molar-refractivity contribution is 6.04. The Morgan fingerprint density at radius 1 is 1.21 bits per heavy atom. The van der Waals surface area contributed by atoms with Gasteiger partial charge in [0, 0.05) is 28.8 Å². The number of aromatic nitrogens is 1. The summed E-state index contributed by atoms with van der Waals surface area (Å²) in [6.45, 7) is 0. The number of carbonyl (C=O) groups excluding carboxylic acids is 2. The van der Waals surface area contributed by atoms with Crippen LogP contribution in [0.3, 0.4) is 0 Å². The van der Waals surface area contributed by atoms with Crippen LogP contribution in [0.1, 0.15) is 11.8 Å². The highest BCUT2D eigenvalue weighted by Gasteiger charge is 2.33. The van der Waals surface area contributed by atoms with E-state index in [0.29, 0.717) is 22.3 Å². The van der Waals surface area contributed by atoms with Gasteiger partial charge in [-0.25, -0.2) is 14.2 Å². The smallest absolute Gasteiger partial charge is 0.322 e. The Bertz CT molecular complexity index is 981. The van der Waals surface area contributed by atoms with Crippen molar-refractivity contribution in [2.45, 2.75) is 6.04 Å². The standard InChI is InChI=1S/C16H11FN4O3/c17-10-5-11-8(3-9(10)7-1-2-13(18)19-6-7)4-12(24-11)14-15(22)21-16(23)20-14/h1-6,14H,(H2,18,19)(H2,20,21,22,23). The first-order chi connectivity index (χ1) is 11.5. The number of nitrogen functional groups attached to an aromatic ring is 1. The number of benzene rings is 1. The van der Waals surface area contributed by atoms with Gasteiger partial charge >= 0.3 is 6.03 Å². The van der Waals surface area contributed by atoms with Crippen molar-refractivity contribution in [3.05, 3.63) is 48.1 Å². The highest BCUT2D eigenvalue weighted by Crippen LogP contribution is 2.31. The number of carbonyl (C=O) groups is 2. The number of nitrogens with one attached hydrogen (secondary N) is 2. The average molecular weight is 326 g/mol. The normalized spacial score (nSPS) is 17.1. The monoisotopic (exact) mass is 326 g/mol. The van der Waals surface area contributed by atoms with E-state index in [2.05, 4.69) is 15.6 Å². The summed E-state index contributed by atoms with van der Waals surface area (Å²) < 4.78 is 19.9. The average Bonchev–Trinajstić information content (AvgIpc) is 3.09. The van der Waals surface area contributed by atoms with E-state index >= 15 is 0 Å². The Morgan fingerprint density at radius 3 is 2.71 bits per heavy atom. The molecule has 8 heteroatoms. The summed E-state index contributed by atoms with van der Waals surface area (Å²) in [5, 5.41) is 5.16. The van der Waals surface area contributed by atoms with Crippen LogP contribution < -0.4 is 16.4 Å². The molecule has 4 N–H and O–H groups in total. The molecule has 0 saturated carbocycles. The SMILES string of the molecule is Nc1ccc(-c2cc3cc(C4NC(=O)NC4=O)oc3cc2F)cn1. The molecule has 1 saturated heterocycles. The van der Waals surface area contributed by atoms with E-state index in [9.17, 15) is 14.0 Å². The molecular formula is C16H11FN4O3. The number of hydrogen-bond acceptors (Lipinski definition) is 5. The van der Waals surface area contributed by atoms with Crippen molar-refractivity contribution in [1.29, 1.82) is 0 Å². The van der Waals surface area contributed by atoms with Gasteiger partial charge in [0.15, 0.2) is 6.04 Å². The number of urea groups is 1. The van der Waals surface area contributed by atoms with E-state index in [0.717, 1.165) is 0 Å². The molecule has 1 fully saturated rings. The maximum Gasteiger partial charge on any atom is 0.322 e. The van der Waals surface area contributed by atoms with Crippen LogP contribution in [0, 0.1) is 5.82 Å². The summed E-state index contributed by atoms with van der Waals surface area (Å²) in [5.41, 5.74) is 6.72. The third-order valence-corrected chi connectivity index (χ3v) is 3.78. The number of halogens is 1. The molecule has 1 aliphatic rings. The number of rotatable bonds is 2. The zero-order valence-corrected chi connectivity index (χ0v) is 12.2. The minimum atomic E-state index is -0.922. The third-order valence-electron chi connectivity index (χ3n) is 3.78. The van der Waals surface area contributed by atoms with Crippen molar-refractivity contribution in [2.24, 2.45) is 0 Å². The van der Waals surface area contributed by atoms with E-state index in [1.165, 1.54) is 12.3 Å². The minimum absolute atomic E-state index is 0.236. The second kappa shape index (κ2) is 5.05. The van der Waals surface area contributed by atoms with Crippen LogP contribution in [0.2, 0.25) is 0 Å². The van der Waals surface area contributed by atoms with Gasteiger partial charge in [0.25, 0.3) is 5.91 Å². The molecule has 0 radical (unpaired) electrons. The number of amides is 3. The Morgan fingerprint density at radius 2 is 2.04 bits per heavy atom. The summed E-state index contributed by atoms with van der Waals surface area (Å²) in [6.07, 6.45) is 1.48. The minimum Gasteiger partial charge on any atom is -0.458 e. The molecule has 3 aromatic rings. The second-order valence-corrected chi connectivity index (χ2v) is 5.39. The number of nitrogens with two attached hydrogens (primary N) is 1. The van der Waals surface area contributed by atoms with Crippen LogP contribution in [0.4, 0.5) is 15.0 Å². The Balaban J connectivity index is 1.79. The van der Waals surface area contributed by atoms with Gasteiger partial charge in [-0.15, -0.1) is 0 Å². The van der Waals surface area contributed by atoms with Gasteiger partial charge in [0.1, 0.15) is 23.0 Å². The Hall–Kier alpha value is -3.42. The predicted molar refractivity (Wildman–Crippen MR) is 83.2 cm³/mol. The molecule has 1 atom stereocenters. The van der Waals surface area contributed by atoms with Crippen LogP contribution >= 0.6 is 0 Å². The number of hydrogen-bond donors (Lipinski definition) is 3. The van der Waals surface area contributed by atoms with E-state index in [-0.39, 0.29) is 11.3 Å². The lowest BCUT2D eigenvalue weighted by Gasteiger charge is -2.03. The summed E-state index contributed by atoms with van der Waals surface area (Å²) in [5.74, 6) is -0.425. The maximum absolute atomic E-state index is 14.4. The van der Waals surface area contributed by atoms with Crippen molar-refractivity contribution in [3.8, 4) is 11.1 Å². The number of pyridine rings is 1. The van der Waals surface area contributed by atoms with Gasteiger partial charge in [-0.3, -0.25) is 10.1 Å². The third kappa shape index (κ3) is 2.24. The predicted octanol–water partition coefficient (Wildman–Crippen LogP) is 2.10. The molecule has 7 nitrogen and oxygen atoms in total. The molecule has 3 amide bonds. The Labute approximate surface area is 134 Å². The topological polar surface area (TPSA) is 110 Å². The molecule has 0 bridgehead atoms. The van der Waals surface area contributed by atoms with E-state index in [4.69, 9.17) is 10.2 Å². The molecule has 1 aromatic carbocycles. The fraction of sp³-hybridized carbons (Fsp3) is 0.0625. The molecule has 0 spiro atoms. The summed E-state index contributed by atoms with van der Waals surface area (Å²) >= 11 is 0. The van der Waals surface area contributed by atoms with Gasteiger partial charge < -0.3 is 15.5 Å². The van der Waals surface area contributed by atoms with Crippen LogP contribution in [0.25, 0.3) is 22.1 Å². The molecule has 3 heterocycles. The molecule has 1 aliphatic heterocycles. The van der Waals surface area contributed by atoms with Crippen LogP contribution in [-0.4, -0.2) is 16.9 Å². The van der Waals surface area contributed by atoms with Crippen molar-refractivity contribution < 1.29 is 18.4 Å². The first kappa shape index (κ1) is 14.2. The largest absolute Gasteiger partial charge is 0.458 e. The highest BCUT2D eigenvalue weighted by atomic mass is 19.1. The Kier molecular flexibility index (Phi) is 2.99. The zero-order chi connectivity index (χ0) is 16.8. The van der Waals surface area contributed by atoms with Crippen molar-refractivity contribution >= 4 is 28.7 Å². The molecule has 1 unspecified atom stereocenters. The number of furan rings is 1. The molecule has 4 rings (SSSR count). The zero-order valence-electron chi connectivity index (χ0n) is 12.2. The molecule has 24 heavy (non-hydrogen) atoms. The molecular weight excluding hydrogens is 315 g/mol. The molecule has 2 aromatic heterocycles. The number of nitrogens with zero attached hydrogens (tertiary/aromatic N) is 1.